The van der Waals surface area contributed by atoms with Crippen molar-refractivity contribution in [3.05, 3.63) is 60.0 Å². The predicted molar refractivity (Wildman–Crippen MR) is 117 cm³/mol. The molecule has 1 aromatic carbocycles. The molecule has 1 atom stereocenters. The Morgan fingerprint density at radius 1 is 1.19 bits per heavy atom. The minimum absolute atomic E-state index is 0. The summed E-state index contributed by atoms with van der Waals surface area (Å²) in [4.78, 5) is 4.38. The molecule has 3 N–H and O–H groups in total. The molecule has 0 saturated heterocycles. The van der Waals surface area contributed by atoms with Gasteiger partial charge < -0.3 is 11.1 Å². The SMILES string of the molecule is CCC(C)c1ccc(NC(N)=NCCc2nnc3ccccn23)cc1.I. The number of aliphatic imine (C=N–C) groups is 1. The molecule has 1 unspecified atom stereocenters. The van der Waals surface area contributed by atoms with E-state index in [9.17, 15) is 0 Å². The average molecular weight is 464 g/mol. The summed E-state index contributed by atoms with van der Waals surface area (Å²) >= 11 is 0. The lowest BCUT2D eigenvalue weighted by molar-refractivity contribution is 0.734. The molecule has 26 heavy (non-hydrogen) atoms. The highest BCUT2D eigenvalue weighted by Gasteiger charge is 2.05. The van der Waals surface area contributed by atoms with Gasteiger partial charge in [0.25, 0.3) is 0 Å². The second-order valence-corrected chi connectivity index (χ2v) is 6.12. The monoisotopic (exact) mass is 464 g/mol. The molecule has 0 amide bonds. The number of nitrogens with two attached hydrogens (primary N) is 1. The van der Waals surface area contributed by atoms with E-state index in [1.165, 1.54) is 5.56 Å². The zero-order valence-electron chi connectivity index (χ0n) is 15.1. The van der Waals surface area contributed by atoms with Gasteiger partial charge in [-0.15, -0.1) is 34.2 Å². The van der Waals surface area contributed by atoms with E-state index in [1.54, 1.807) is 0 Å². The van der Waals surface area contributed by atoms with Gasteiger partial charge in [0, 0.05) is 24.8 Å². The molecule has 3 rings (SSSR count). The maximum Gasteiger partial charge on any atom is 0.193 e. The molecule has 3 aromatic rings. The number of nitrogens with one attached hydrogen (secondary N) is 1. The van der Waals surface area contributed by atoms with Crippen molar-refractivity contribution in [2.75, 3.05) is 11.9 Å². The van der Waals surface area contributed by atoms with Crippen LogP contribution in [0.2, 0.25) is 0 Å². The van der Waals surface area contributed by atoms with E-state index in [-0.39, 0.29) is 24.0 Å². The van der Waals surface area contributed by atoms with E-state index in [1.807, 2.05) is 40.9 Å². The molecule has 6 nitrogen and oxygen atoms in total. The number of anilines is 1. The molecule has 7 heteroatoms. The van der Waals surface area contributed by atoms with E-state index in [0.717, 1.165) is 23.6 Å². The number of fused-ring (bicyclic) bond motifs is 1. The molecule has 0 radical (unpaired) electrons. The molecule has 0 aliphatic rings. The van der Waals surface area contributed by atoms with Crippen LogP contribution < -0.4 is 11.1 Å². The van der Waals surface area contributed by atoms with Gasteiger partial charge in [0.05, 0.1) is 0 Å². The number of aromatic nitrogens is 3. The lowest BCUT2D eigenvalue weighted by Gasteiger charge is -2.10. The van der Waals surface area contributed by atoms with Crippen LogP contribution in [0.25, 0.3) is 5.65 Å². The number of nitrogens with zero attached hydrogens (tertiary/aromatic N) is 4. The van der Waals surface area contributed by atoms with Crippen molar-refractivity contribution in [1.82, 2.24) is 14.6 Å². The Hall–Kier alpha value is -2.16. The summed E-state index contributed by atoms with van der Waals surface area (Å²) in [5.41, 5.74) is 9.10. The van der Waals surface area contributed by atoms with Gasteiger partial charge in [0.1, 0.15) is 5.82 Å². The summed E-state index contributed by atoms with van der Waals surface area (Å²) in [7, 11) is 0. The summed E-state index contributed by atoms with van der Waals surface area (Å²) in [6.07, 6.45) is 3.77. The van der Waals surface area contributed by atoms with Crippen LogP contribution in [-0.2, 0) is 6.42 Å². The lowest BCUT2D eigenvalue weighted by Crippen LogP contribution is -2.23. The zero-order valence-corrected chi connectivity index (χ0v) is 17.4. The Labute approximate surface area is 170 Å². The van der Waals surface area contributed by atoms with Crippen LogP contribution in [-0.4, -0.2) is 27.1 Å². The van der Waals surface area contributed by atoms with Crippen LogP contribution in [0.15, 0.2) is 53.7 Å². The van der Waals surface area contributed by atoms with Gasteiger partial charge >= 0.3 is 0 Å². The quantitative estimate of drug-likeness (QED) is 0.330. The van der Waals surface area contributed by atoms with Crippen molar-refractivity contribution in [2.45, 2.75) is 32.6 Å². The largest absolute Gasteiger partial charge is 0.370 e. The number of hydrogen-bond donors (Lipinski definition) is 2. The Kier molecular flexibility index (Phi) is 7.38. The fraction of sp³-hybridized carbons (Fsp3) is 0.316. The van der Waals surface area contributed by atoms with Crippen molar-refractivity contribution in [3.63, 3.8) is 0 Å². The fourth-order valence-electron chi connectivity index (χ4n) is 2.66. The van der Waals surface area contributed by atoms with Gasteiger partial charge in [-0.05, 0) is 42.2 Å². The molecular weight excluding hydrogens is 439 g/mol. The van der Waals surface area contributed by atoms with Crippen LogP contribution in [0.5, 0.6) is 0 Å². The molecule has 0 aliphatic carbocycles. The summed E-state index contributed by atoms with van der Waals surface area (Å²) in [6.45, 7) is 4.98. The number of guanidine groups is 1. The first-order chi connectivity index (χ1) is 12.2. The summed E-state index contributed by atoms with van der Waals surface area (Å²) in [5, 5.41) is 11.5. The summed E-state index contributed by atoms with van der Waals surface area (Å²) in [6, 6.07) is 14.2. The smallest absolute Gasteiger partial charge is 0.193 e. The maximum absolute atomic E-state index is 5.98. The van der Waals surface area contributed by atoms with E-state index < -0.39 is 0 Å². The summed E-state index contributed by atoms with van der Waals surface area (Å²) in [5.74, 6) is 1.85. The third-order valence-corrected chi connectivity index (χ3v) is 4.37. The first-order valence-electron chi connectivity index (χ1n) is 8.63. The Balaban J connectivity index is 0.00000243. The van der Waals surface area contributed by atoms with Crippen LogP contribution >= 0.6 is 24.0 Å². The summed E-state index contributed by atoms with van der Waals surface area (Å²) < 4.78 is 1.97. The van der Waals surface area contributed by atoms with E-state index in [2.05, 4.69) is 46.5 Å². The van der Waals surface area contributed by atoms with Crippen molar-refractivity contribution in [1.29, 1.82) is 0 Å². The third-order valence-electron chi connectivity index (χ3n) is 4.37. The second-order valence-electron chi connectivity index (χ2n) is 6.12. The first-order valence-corrected chi connectivity index (χ1v) is 8.63. The van der Waals surface area contributed by atoms with Gasteiger partial charge in [0.2, 0.25) is 0 Å². The highest BCUT2D eigenvalue weighted by molar-refractivity contribution is 14.0. The zero-order chi connectivity index (χ0) is 17.6. The van der Waals surface area contributed by atoms with Gasteiger partial charge in [-0.25, -0.2) is 0 Å². The molecule has 2 aromatic heterocycles. The van der Waals surface area contributed by atoms with E-state index in [4.69, 9.17) is 5.73 Å². The van der Waals surface area contributed by atoms with Crippen LogP contribution in [0.3, 0.4) is 0 Å². The van der Waals surface area contributed by atoms with Crippen LogP contribution in [0, 0.1) is 0 Å². The molecule has 0 spiro atoms. The molecule has 0 bridgehead atoms. The van der Waals surface area contributed by atoms with Gasteiger partial charge in [-0.3, -0.25) is 9.39 Å². The highest BCUT2D eigenvalue weighted by Crippen LogP contribution is 2.20. The molecular formula is C19H25IN6. The average Bonchev–Trinajstić information content (AvgIpc) is 3.05. The standard InChI is InChI=1S/C19H24N6.HI/c1-3-14(2)15-7-9-16(10-8-15)22-19(20)21-12-11-18-24-23-17-6-4-5-13-25(17)18;/h4-10,13-14H,3,11-12H2,1-2H3,(H3,20,21,22);1H. The number of benzene rings is 1. The number of rotatable bonds is 6. The Morgan fingerprint density at radius 2 is 1.96 bits per heavy atom. The van der Waals surface area contributed by atoms with Crippen molar-refractivity contribution in [2.24, 2.45) is 10.7 Å². The minimum atomic E-state index is 0. The number of pyridine rings is 1. The number of halogens is 1. The molecule has 2 heterocycles. The second kappa shape index (κ2) is 9.51. The van der Waals surface area contributed by atoms with Crippen molar-refractivity contribution in [3.8, 4) is 0 Å². The van der Waals surface area contributed by atoms with E-state index >= 15 is 0 Å². The topological polar surface area (TPSA) is 80.6 Å². The Morgan fingerprint density at radius 3 is 2.69 bits per heavy atom. The Bertz CT molecular complexity index is 856. The molecule has 0 saturated carbocycles. The predicted octanol–water partition coefficient (Wildman–Crippen LogP) is 3.83. The molecule has 0 aliphatic heterocycles. The number of hydrogen-bond acceptors (Lipinski definition) is 3. The van der Waals surface area contributed by atoms with Crippen molar-refractivity contribution >= 4 is 41.3 Å². The van der Waals surface area contributed by atoms with Gasteiger partial charge in [0.15, 0.2) is 11.6 Å². The lowest BCUT2D eigenvalue weighted by atomic mass is 9.99. The third kappa shape index (κ3) is 4.94. The molecule has 0 fully saturated rings. The van der Waals surface area contributed by atoms with Gasteiger partial charge in [-0.1, -0.05) is 32.0 Å². The van der Waals surface area contributed by atoms with Crippen LogP contribution in [0.1, 0.15) is 37.6 Å². The first kappa shape index (κ1) is 20.2. The van der Waals surface area contributed by atoms with Gasteiger partial charge in [-0.2, -0.15) is 0 Å². The molecule has 138 valence electrons. The van der Waals surface area contributed by atoms with Crippen LogP contribution in [0.4, 0.5) is 5.69 Å². The van der Waals surface area contributed by atoms with E-state index in [0.29, 0.717) is 24.8 Å². The normalized spacial score (nSPS) is 12.6. The minimum Gasteiger partial charge on any atom is -0.370 e. The highest BCUT2D eigenvalue weighted by atomic mass is 127. The fourth-order valence-corrected chi connectivity index (χ4v) is 2.66. The van der Waals surface area contributed by atoms with Crippen molar-refractivity contribution < 1.29 is 0 Å². The maximum atomic E-state index is 5.98.